The summed E-state index contributed by atoms with van der Waals surface area (Å²) in [6.45, 7) is 10.9. The summed E-state index contributed by atoms with van der Waals surface area (Å²) < 4.78 is 26.0. The topological polar surface area (TPSA) is 100 Å². The Morgan fingerprint density at radius 1 is 0.921 bits per heavy atom. The zero-order valence-electron chi connectivity index (χ0n) is 22.2. The third-order valence-corrected chi connectivity index (χ3v) is 8.86. The number of nitrogens with zero attached hydrogens (tertiary/aromatic N) is 4. The van der Waals surface area contributed by atoms with Crippen LogP contribution in [0.15, 0.2) is 59.5 Å². The van der Waals surface area contributed by atoms with Crippen molar-refractivity contribution >= 4 is 32.5 Å². The molecule has 0 aliphatic carbocycles. The van der Waals surface area contributed by atoms with E-state index in [-0.39, 0.29) is 5.75 Å². The minimum atomic E-state index is -3.39. The van der Waals surface area contributed by atoms with Crippen LogP contribution in [0.3, 0.4) is 0 Å². The molecule has 1 aliphatic heterocycles. The van der Waals surface area contributed by atoms with Crippen molar-refractivity contribution in [3.05, 3.63) is 71.3 Å². The molecule has 2 heterocycles. The van der Waals surface area contributed by atoms with Crippen LogP contribution in [0.25, 0.3) is 22.2 Å². The highest BCUT2D eigenvalue weighted by Crippen LogP contribution is 2.31. The molecule has 198 valence electrons. The molecule has 1 aromatic heterocycles. The van der Waals surface area contributed by atoms with Gasteiger partial charge in [-0.3, -0.25) is 0 Å². The van der Waals surface area contributed by atoms with Gasteiger partial charge in [-0.15, -0.1) is 10.2 Å². The number of hydrogen-bond donors (Lipinski definition) is 2. The maximum atomic E-state index is 13.0. The fraction of sp³-hybridized carbons (Fsp3) is 0.345. The standard InChI is InChI=1S/C29H34N6O2S/c1-20-7-4-8-21(2)27(20)23-17-22(3)28-26(18-23)33-34-29(32-28)31-24-9-5-10-25(19-24)38(36,37)16-6-13-35-14-11-30-12-15-35/h4-5,7-10,17-19,30H,6,11-16H2,1-3H3,(H,31,32,34). The van der Waals surface area contributed by atoms with Gasteiger partial charge in [0.15, 0.2) is 9.84 Å². The van der Waals surface area contributed by atoms with E-state index in [9.17, 15) is 8.42 Å². The Morgan fingerprint density at radius 3 is 2.42 bits per heavy atom. The van der Waals surface area contributed by atoms with Gasteiger partial charge < -0.3 is 15.5 Å². The van der Waals surface area contributed by atoms with E-state index in [1.54, 1.807) is 18.2 Å². The number of benzene rings is 3. The molecule has 1 aliphatic rings. The normalized spacial score (nSPS) is 14.6. The highest BCUT2D eigenvalue weighted by molar-refractivity contribution is 7.91. The van der Waals surface area contributed by atoms with Crippen LogP contribution in [0.4, 0.5) is 11.6 Å². The summed E-state index contributed by atoms with van der Waals surface area (Å²) in [4.78, 5) is 7.30. The molecule has 0 radical (unpaired) electrons. The molecule has 0 bridgehead atoms. The molecule has 0 amide bonds. The van der Waals surface area contributed by atoms with Crippen molar-refractivity contribution in [2.75, 3.05) is 43.8 Å². The molecule has 1 fully saturated rings. The second-order valence-corrected chi connectivity index (χ2v) is 12.1. The Hall–Kier alpha value is -3.40. The van der Waals surface area contributed by atoms with Gasteiger partial charge in [0.05, 0.1) is 16.2 Å². The van der Waals surface area contributed by atoms with Gasteiger partial charge in [0.2, 0.25) is 5.95 Å². The van der Waals surface area contributed by atoms with Gasteiger partial charge in [-0.05, 0) is 91.9 Å². The van der Waals surface area contributed by atoms with Gasteiger partial charge in [-0.25, -0.2) is 13.4 Å². The first-order valence-electron chi connectivity index (χ1n) is 13.0. The number of hydrogen-bond acceptors (Lipinski definition) is 8. The van der Waals surface area contributed by atoms with E-state index in [4.69, 9.17) is 4.98 Å². The van der Waals surface area contributed by atoms with E-state index >= 15 is 0 Å². The number of fused-ring (bicyclic) bond motifs is 1. The second kappa shape index (κ2) is 11.1. The molecule has 0 saturated carbocycles. The summed E-state index contributed by atoms with van der Waals surface area (Å²) in [5.74, 6) is 0.449. The van der Waals surface area contributed by atoms with Crippen molar-refractivity contribution in [2.45, 2.75) is 32.1 Å². The molecule has 3 aromatic carbocycles. The first kappa shape index (κ1) is 26.2. The van der Waals surface area contributed by atoms with Crippen molar-refractivity contribution in [3.8, 4) is 11.1 Å². The summed E-state index contributed by atoms with van der Waals surface area (Å²) in [5.41, 5.74) is 7.80. The van der Waals surface area contributed by atoms with Crippen molar-refractivity contribution in [1.82, 2.24) is 25.4 Å². The average molecular weight is 531 g/mol. The predicted octanol–water partition coefficient (Wildman–Crippen LogP) is 4.43. The van der Waals surface area contributed by atoms with Gasteiger partial charge in [-0.2, -0.15) is 0 Å². The molecule has 2 N–H and O–H groups in total. The number of nitrogens with one attached hydrogen (secondary N) is 2. The fourth-order valence-electron chi connectivity index (χ4n) is 5.11. The summed E-state index contributed by atoms with van der Waals surface area (Å²) in [6.07, 6.45) is 0.612. The number of aromatic nitrogens is 3. The Kier molecular flexibility index (Phi) is 7.69. The molecule has 8 nitrogen and oxygen atoms in total. The lowest BCUT2D eigenvalue weighted by Crippen LogP contribution is -2.44. The van der Waals surface area contributed by atoms with Crippen molar-refractivity contribution < 1.29 is 8.42 Å². The summed E-state index contributed by atoms with van der Waals surface area (Å²) >= 11 is 0. The minimum absolute atomic E-state index is 0.121. The Morgan fingerprint density at radius 2 is 1.66 bits per heavy atom. The van der Waals surface area contributed by atoms with Crippen molar-refractivity contribution in [3.63, 3.8) is 0 Å². The van der Waals surface area contributed by atoms with Crippen LogP contribution in [0.5, 0.6) is 0 Å². The molecule has 5 rings (SSSR count). The SMILES string of the molecule is Cc1cccc(C)c1-c1cc(C)c2nc(Nc3cccc(S(=O)(=O)CCCN4CCNCC4)c3)nnc2c1. The van der Waals surface area contributed by atoms with Gasteiger partial charge in [0.25, 0.3) is 0 Å². The van der Waals surface area contributed by atoms with Gasteiger partial charge >= 0.3 is 0 Å². The maximum absolute atomic E-state index is 13.0. The van der Waals surface area contributed by atoms with Crippen LogP contribution < -0.4 is 10.6 Å². The van der Waals surface area contributed by atoms with Crippen molar-refractivity contribution in [2.24, 2.45) is 0 Å². The molecule has 1 saturated heterocycles. The maximum Gasteiger partial charge on any atom is 0.247 e. The van der Waals surface area contributed by atoms with Crippen molar-refractivity contribution in [1.29, 1.82) is 0 Å². The van der Waals surface area contributed by atoms with Gasteiger partial charge in [-0.1, -0.05) is 24.3 Å². The third kappa shape index (κ3) is 5.85. The fourth-order valence-corrected chi connectivity index (χ4v) is 6.44. The Balaban J connectivity index is 1.32. The quantitative estimate of drug-likeness (QED) is 0.345. The van der Waals surface area contributed by atoms with E-state index < -0.39 is 9.84 Å². The number of rotatable bonds is 8. The molecule has 9 heteroatoms. The van der Waals surface area contributed by atoms with E-state index in [0.717, 1.165) is 49.4 Å². The molecule has 0 unspecified atom stereocenters. The average Bonchev–Trinajstić information content (AvgIpc) is 2.90. The van der Waals surface area contributed by atoms with Gasteiger partial charge in [0, 0.05) is 31.9 Å². The molecular formula is C29H34N6O2S. The largest absolute Gasteiger partial charge is 0.323 e. The molecule has 4 aromatic rings. The second-order valence-electron chi connectivity index (χ2n) is 9.98. The van der Waals surface area contributed by atoms with Crippen LogP contribution in [-0.4, -0.2) is 67.0 Å². The van der Waals surface area contributed by atoms with E-state index in [1.165, 1.54) is 16.7 Å². The zero-order chi connectivity index (χ0) is 26.7. The van der Waals surface area contributed by atoms with Crippen LogP contribution in [0.2, 0.25) is 0 Å². The molecule has 0 spiro atoms. The van der Waals surface area contributed by atoms with Crippen LogP contribution in [-0.2, 0) is 9.84 Å². The lowest BCUT2D eigenvalue weighted by molar-refractivity contribution is 0.242. The number of sulfone groups is 1. The van der Waals surface area contributed by atoms with Crippen LogP contribution in [0.1, 0.15) is 23.1 Å². The molecule has 0 atom stereocenters. The van der Waals surface area contributed by atoms with E-state index in [1.807, 2.05) is 19.1 Å². The third-order valence-electron chi connectivity index (χ3n) is 7.07. The number of piperazine rings is 1. The highest BCUT2D eigenvalue weighted by atomic mass is 32.2. The minimum Gasteiger partial charge on any atom is -0.323 e. The monoisotopic (exact) mass is 530 g/mol. The van der Waals surface area contributed by atoms with Gasteiger partial charge in [0.1, 0.15) is 5.52 Å². The van der Waals surface area contributed by atoms with Crippen LogP contribution >= 0.6 is 0 Å². The summed E-state index contributed by atoms with van der Waals surface area (Å²) in [6, 6.07) is 17.3. The summed E-state index contributed by atoms with van der Waals surface area (Å²) in [7, 11) is -3.39. The first-order valence-corrected chi connectivity index (χ1v) is 14.7. The molecule has 38 heavy (non-hydrogen) atoms. The first-order chi connectivity index (χ1) is 18.3. The van der Waals surface area contributed by atoms with E-state index in [0.29, 0.717) is 28.5 Å². The number of anilines is 2. The predicted molar refractivity (Wildman–Crippen MR) is 153 cm³/mol. The van der Waals surface area contributed by atoms with Crippen LogP contribution in [0, 0.1) is 20.8 Å². The highest BCUT2D eigenvalue weighted by Gasteiger charge is 2.17. The molecular weight excluding hydrogens is 496 g/mol. The zero-order valence-corrected chi connectivity index (χ0v) is 23.0. The van der Waals surface area contributed by atoms with E-state index in [2.05, 4.69) is 63.8 Å². The summed E-state index contributed by atoms with van der Waals surface area (Å²) in [5, 5.41) is 15.2. The Bertz CT molecular complexity index is 1540. The lowest BCUT2D eigenvalue weighted by Gasteiger charge is -2.26. The number of aryl methyl sites for hydroxylation is 3. The lowest BCUT2D eigenvalue weighted by atomic mass is 9.94. The Labute approximate surface area is 224 Å². The smallest absolute Gasteiger partial charge is 0.247 e.